The van der Waals surface area contributed by atoms with Gasteiger partial charge in [-0.05, 0) is 38.0 Å². The molecule has 0 saturated carbocycles. The minimum atomic E-state index is -0.305. The van der Waals surface area contributed by atoms with Crippen molar-refractivity contribution in [1.82, 2.24) is 0 Å². The van der Waals surface area contributed by atoms with Crippen molar-refractivity contribution in [3.8, 4) is 0 Å². The van der Waals surface area contributed by atoms with Crippen LogP contribution in [0.1, 0.15) is 27.2 Å². The van der Waals surface area contributed by atoms with Crippen LogP contribution in [0.4, 0.5) is 0 Å². The van der Waals surface area contributed by atoms with Crippen molar-refractivity contribution in [3.63, 3.8) is 0 Å². The lowest BCUT2D eigenvalue weighted by Crippen LogP contribution is -2.25. The fourth-order valence-corrected chi connectivity index (χ4v) is 2.43. The average molecular weight is 252 g/mol. The van der Waals surface area contributed by atoms with Crippen molar-refractivity contribution in [2.45, 2.75) is 33.3 Å². The second kappa shape index (κ2) is 6.74. The van der Waals surface area contributed by atoms with Crippen molar-refractivity contribution >= 4 is 5.97 Å². The zero-order chi connectivity index (χ0) is 13.7. The summed E-state index contributed by atoms with van der Waals surface area (Å²) in [6.07, 6.45) is 5.20. The first-order valence-corrected chi connectivity index (χ1v) is 6.49. The Balaban J connectivity index is 2.48. The van der Waals surface area contributed by atoms with E-state index in [0.717, 1.165) is 13.0 Å². The van der Waals surface area contributed by atoms with Crippen LogP contribution < -0.4 is 0 Å². The highest BCUT2D eigenvalue weighted by molar-refractivity contribution is 5.87. The molecule has 3 nitrogen and oxygen atoms in total. The average Bonchev–Trinajstić information content (AvgIpc) is 2.61. The zero-order valence-electron chi connectivity index (χ0n) is 11.8. The first kappa shape index (κ1) is 15.0. The molecule has 3 heteroatoms. The molecule has 18 heavy (non-hydrogen) atoms. The van der Waals surface area contributed by atoms with Crippen LogP contribution in [0.15, 0.2) is 24.3 Å². The molecule has 0 aromatic rings. The number of ether oxygens (including phenoxy) is 2. The number of hydrogen-bond donors (Lipinski definition) is 0. The number of allylic oxidation sites excluding steroid dienone is 2. The molecule has 0 saturated heterocycles. The minimum absolute atomic E-state index is 0.0893. The lowest BCUT2D eigenvalue weighted by atomic mass is 9.86. The Labute approximate surface area is 110 Å². The second-order valence-electron chi connectivity index (χ2n) is 5.26. The Morgan fingerprint density at radius 2 is 2.11 bits per heavy atom. The Morgan fingerprint density at radius 1 is 1.44 bits per heavy atom. The number of methoxy groups -OCH3 is 1. The van der Waals surface area contributed by atoms with E-state index in [2.05, 4.69) is 25.7 Å². The fraction of sp³-hybridized carbons (Fsp3) is 0.667. The van der Waals surface area contributed by atoms with Crippen LogP contribution in [0.5, 0.6) is 0 Å². The SMILES string of the molecule is C=C(C)C(=O)OC(C)CC1C=CC(C)C1COC. The molecule has 0 aromatic heterocycles. The van der Waals surface area contributed by atoms with Gasteiger partial charge in [0.05, 0.1) is 12.7 Å². The summed E-state index contributed by atoms with van der Waals surface area (Å²) >= 11 is 0. The quantitative estimate of drug-likeness (QED) is 0.414. The number of hydrogen-bond acceptors (Lipinski definition) is 3. The molecule has 1 rings (SSSR count). The van der Waals surface area contributed by atoms with Crippen molar-refractivity contribution in [2.75, 3.05) is 13.7 Å². The largest absolute Gasteiger partial charge is 0.459 e. The predicted octanol–water partition coefficient (Wildman–Crippen LogP) is 2.97. The maximum atomic E-state index is 11.4. The Morgan fingerprint density at radius 3 is 2.67 bits per heavy atom. The third-order valence-electron chi connectivity index (χ3n) is 3.51. The molecule has 0 N–H and O–H groups in total. The summed E-state index contributed by atoms with van der Waals surface area (Å²) < 4.78 is 10.6. The number of rotatable bonds is 6. The number of carbonyl (C=O) groups is 1. The number of esters is 1. The molecule has 0 amide bonds. The summed E-state index contributed by atoms with van der Waals surface area (Å²) in [5.74, 6) is 1.13. The fourth-order valence-electron chi connectivity index (χ4n) is 2.43. The van der Waals surface area contributed by atoms with E-state index in [-0.39, 0.29) is 12.1 Å². The maximum Gasteiger partial charge on any atom is 0.333 e. The van der Waals surface area contributed by atoms with Crippen LogP contribution in [0, 0.1) is 17.8 Å². The smallest absolute Gasteiger partial charge is 0.333 e. The van der Waals surface area contributed by atoms with Gasteiger partial charge in [0.2, 0.25) is 0 Å². The van der Waals surface area contributed by atoms with Crippen molar-refractivity contribution in [1.29, 1.82) is 0 Å². The summed E-state index contributed by atoms with van der Waals surface area (Å²) in [5.41, 5.74) is 0.450. The van der Waals surface area contributed by atoms with Gasteiger partial charge in [-0.2, -0.15) is 0 Å². The molecule has 0 heterocycles. The van der Waals surface area contributed by atoms with Gasteiger partial charge in [-0.25, -0.2) is 4.79 Å². The molecule has 0 fully saturated rings. The van der Waals surface area contributed by atoms with Crippen LogP contribution in [0.2, 0.25) is 0 Å². The molecular formula is C15H24O3. The summed E-state index contributed by atoms with van der Waals surface area (Å²) in [5, 5.41) is 0. The topological polar surface area (TPSA) is 35.5 Å². The Kier molecular flexibility index (Phi) is 5.60. The van der Waals surface area contributed by atoms with E-state index in [1.807, 2.05) is 6.92 Å². The van der Waals surface area contributed by atoms with Gasteiger partial charge in [0.25, 0.3) is 0 Å². The normalized spacial score (nSPS) is 28.1. The summed E-state index contributed by atoms with van der Waals surface area (Å²) in [4.78, 5) is 11.4. The predicted molar refractivity (Wildman–Crippen MR) is 72.1 cm³/mol. The minimum Gasteiger partial charge on any atom is -0.459 e. The molecule has 0 bridgehead atoms. The van der Waals surface area contributed by atoms with Gasteiger partial charge >= 0.3 is 5.97 Å². The van der Waals surface area contributed by atoms with Crippen LogP contribution >= 0.6 is 0 Å². The van der Waals surface area contributed by atoms with Crippen LogP contribution in [-0.4, -0.2) is 25.8 Å². The van der Waals surface area contributed by atoms with Gasteiger partial charge in [0.1, 0.15) is 0 Å². The summed E-state index contributed by atoms with van der Waals surface area (Å²) in [7, 11) is 1.73. The molecule has 102 valence electrons. The van der Waals surface area contributed by atoms with Gasteiger partial charge in [0, 0.05) is 12.7 Å². The molecular weight excluding hydrogens is 228 g/mol. The Bertz CT molecular complexity index is 333. The molecule has 0 spiro atoms. The van der Waals surface area contributed by atoms with Gasteiger partial charge < -0.3 is 9.47 Å². The van der Waals surface area contributed by atoms with E-state index >= 15 is 0 Å². The van der Waals surface area contributed by atoms with Crippen molar-refractivity contribution in [2.24, 2.45) is 17.8 Å². The Hall–Kier alpha value is -1.09. The van der Waals surface area contributed by atoms with Gasteiger partial charge in [-0.3, -0.25) is 0 Å². The summed E-state index contributed by atoms with van der Waals surface area (Å²) in [6, 6.07) is 0. The standard InChI is InChI=1S/C15H24O3/c1-10(2)15(16)18-12(4)8-13-7-6-11(3)14(13)9-17-5/h6-7,11-14H,1,8-9H2,2-5H3. The zero-order valence-corrected chi connectivity index (χ0v) is 11.8. The van der Waals surface area contributed by atoms with E-state index < -0.39 is 0 Å². The highest BCUT2D eigenvalue weighted by Crippen LogP contribution is 2.34. The van der Waals surface area contributed by atoms with Crippen LogP contribution in [0.25, 0.3) is 0 Å². The highest BCUT2D eigenvalue weighted by atomic mass is 16.5. The molecule has 1 aliphatic carbocycles. The molecule has 0 radical (unpaired) electrons. The third kappa shape index (κ3) is 3.98. The van der Waals surface area contributed by atoms with Crippen molar-refractivity contribution in [3.05, 3.63) is 24.3 Å². The first-order valence-electron chi connectivity index (χ1n) is 6.49. The maximum absolute atomic E-state index is 11.4. The van der Waals surface area contributed by atoms with E-state index in [0.29, 0.717) is 23.3 Å². The monoisotopic (exact) mass is 252 g/mol. The van der Waals surface area contributed by atoms with Gasteiger partial charge in [-0.1, -0.05) is 25.7 Å². The molecule has 0 aliphatic heterocycles. The van der Waals surface area contributed by atoms with Crippen LogP contribution in [-0.2, 0) is 14.3 Å². The van der Waals surface area contributed by atoms with E-state index in [9.17, 15) is 4.79 Å². The first-order chi connectivity index (χ1) is 8.45. The molecule has 4 atom stereocenters. The molecule has 4 unspecified atom stereocenters. The van der Waals surface area contributed by atoms with Gasteiger partial charge in [-0.15, -0.1) is 0 Å². The lowest BCUT2D eigenvalue weighted by molar-refractivity contribution is -0.144. The lowest BCUT2D eigenvalue weighted by Gasteiger charge is -2.24. The third-order valence-corrected chi connectivity index (χ3v) is 3.51. The van der Waals surface area contributed by atoms with E-state index in [4.69, 9.17) is 9.47 Å². The molecule has 0 aromatic carbocycles. The highest BCUT2D eigenvalue weighted by Gasteiger charge is 2.30. The second-order valence-corrected chi connectivity index (χ2v) is 5.26. The number of carbonyl (C=O) groups excluding carboxylic acids is 1. The van der Waals surface area contributed by atoms with E-state index in [1.165, 1.54) is 0 Å². The van der Waals surface area contributed by atoms with Crippen LogP contribution in [0.3, 0.4) is 0 Å². The van der Waals surface area contributed by atoms with E-state index in [1.54, 1.807) is 14.0 Å². The molecule has 1 aliphatic rings. The van der Waals surface area contributed by atoms with Crippen molar-refractivity contribution < 1.29 is 14.3 Å². The summed E-state index contributed by atoms with van der Waals surface area (Å²) in [6.45, 7) is 10.1. The van der Waals surface area contributed by atoms with Gasteiger partial charge in [0.15, 0.2) is 0 Å².